The molecule has 0 aromatic heterocycles. The Hall–Kier alpha value is -2.84. The Morgan fingerprint density at radius 2 is 1.68 bits per heavy atom. The van der Waals surface area contributed by atoms with Crippen LogP contribution in [0.1, 0.15) is 29.8 Å². The van der Waals surface area contributed by atoms with E-state index < -0.39 is 0 Å². The molecule has 0 spiro atoms. The molecule has 1 fully saturated rings. The summed E-state index contributed by atoms with van der Waals surface area (Å²) in [5.74, 6) is 1.07. The molecule has 0 N–H and O–H groups in total. The van der Waals surface area contributed by atoms with E-state index in [1.807, 2.05) is 59.5 Å². The predicted molar refractivity (Wildman–Crippen MR) is 109 cm³/mol. The van der Waals surface area contributed by atoms with Gasteiger partial charge >= 0.3 is 0 Å². The summed E-state index contributed by atoms with van der Waals surface area (Å²) in [4.78, 5) is 16.8. The van der Waals surface area contributed by atoms with Crippen LogP contribution < -0.4 is 4.74 Å². The number of hydrogen-bond donors (Lipinski definition) is 0. The van der Waals surface area contributed by atoms with Gasteiger partial charge in [0.15, 0.2) is 0 Å². The van der Waals surface area contributed by atoms with Crippen molar-refractivity contribution in [1.82, 2.24) is 9.80 Å². The van der Waals surface area contributed by atoms with Crippen LogP contribution in [0.4, 0.5) is 0 Å². The van der Waals surface area contributed by atoms with Crippen molar-refractivity contribution in [2.24, 2.45) is 5.92 Å². The van der Waals surface area contributed by atoms with Crippen molar-refractivity contribution >= 4 is 5.91 Å². The molecule has 28 heavy (non-hydrogen) atoms. The molecule has 0 aliphatic carbocycles. The molecule has 1 aliphatic heterocycles. The molecule has 0 radical (unpaired) electrons. The monoisotopic (exact) mass is 377 g/mol. The Morgan fingerprint density at radius 1 is 1.04 bits per heavy atom. The highest BCUT2D eigenvalue weighted by atomic mass is 16.5. The predicted octanol–water partition coefficient (Wildman–Crippen LogP) is 3.57. The van der Waals surface area contributed by atoms with Gasteiger partial charge in [-0.3, -0.25) is 9.69 Å². The zero-order valence-corrected chi connectivity index (χ0v) is 16.5. The number of carbonyl (C=O) groups excluding carboxylic acids is 1. The topological polar surface area (TPSA) is 56.6 Å². The first-order valence-electron chi connectivity index (χ1n) is 9.78. The summed E-state index contributed by atoms with van der Waals surface area (Å²) in [5, 5.41) is 9.36. The molecule has 2 aromatic rings. The Balaban J connectivity index is 1.53. The molecule has 1 heterocycles. The maximum Gasteiger partial charge on any atom is 0.253 e. The number of piperazine rings is 1. The van der Waals surface area contributed by atoms with Gasteiger partial charge in [-0.05, 0) is 35.7 Å². The number of nitriles is 1. The molecule has 0 saturated carbocycles. The zero-order chi connectivity index (χ0) is 19.9. The normalized spacial score (nSPS) is 15.9. The van der Waals surface area contributed by atoms with Crippen LogP contribution in [0.2, 0.25) is 0 Å². The van der Waals surface area contributed by atoms with Crippen LogP contribution in [0.25, 0.3) is 0 Å². The first-order chi connectivity index (χ1) is 13.6. The molecule has 5 heteroatoms. The van der Waals surface area contributed by atoms with Crippen LogP contribution in [0.3, 0.4) is 0 Å². The van der Waals surface area contributed by atoms with Gasteiger partial charge < -0.3 is 9.64 Å². The van der Waals surface area contributed by atoms with E-state index >= 15 is 0 Å². The van der Waals surface area contributed by atoms with Crippen molar-refractivity contribution in [2.45, 2.75) is 26.5 Å². The van der Waals surface area contributed by atoms with Gasteiger partial charge in [-0.15, -0.1) is 0 Å². The average Bonchev–Trinajstić information content (AvgIpc) is 2.74. The van der Waals surface area contributed by atoms with Crippen LogP contribution in [-0.4, -0.2) is 47.9 Å². The number of nitrogens with zero attached hydrogens (tertiary/aromatic N) is 3. The third-order valence-corrected chi connectivity index (χ3v) is 5.11. The molecule has 1 aliphatic rings. The van der Waals surface area contributed by atoms with Crippen molar-refractivity contribution < 1.29 is 9.53 Å². The van der Waals surface area contributed by atoms with Crippen molar-refractivity contribution in [2.75, 3.05) is 26.2 Å². The van der Waals surface area contributed by atoms with Crippen molar-refractivity contribution in [3.05, 3.63) is 65.7 Å². The molecule has 146 valence electrons. The maximum absolute atomic E-state index is 12.8. The van der Waals surface area contributed by atoms with Crippen LogP contribution in [0.5, 0.6) is 5.75 Å². The van der Waals surface area contributed by atoms with Gasteiger partial charge in [0.1, 0.15) is 18.4 Å². The van der Waals surface area contributed by atoms with E-state index in [1.54, 1.807) is 0 Å². The number of hydrogen-bond acceptors (Lipinski definition) is 4. The van der Waals surface area contributed by atoms with Crippen LogP contribution in [0, 0.1) is 17.2 Å². The van der Waals surface area contributed by atoms with Gasteiger partial charge in [0.05, 0.1) is 6.07 Å². The van der Waals surface area contributed by atoms with Crippen molar-refractivity contribution in [3.63, 3.8) is 0 Å². The summed E-state index contributed by atoms with van der Waals surface area (Å²) >= 11 is 0. The fourth-order valence-corrected chi connectivity index (χ4v) is 3.47. The van der Waals surface area contributed by atoms with E-state index in [0.717, 1.165) is 24.4 Å². The van der Waals surface area contributed by atoms with Gasteiger partial charge in [-0.2, -0.15) is 5.26 Å². The molecule has 3 rings (SSSR count). The lowest BCUT2D eigenvalue weighted by atomic mass is 10.0. The Labute approximate surface area is 167 Å². The number of ether oxygens (including phenoxy) is 1. The van der Waals surface area contributed by atoms with E-state index in [0.29, 0.717) is 25.3 Å². The maximum atomic E-state index is 12.8. The zero-order valence-electron chi connectivity index (χ0n) is 16.5. The number of benzene rings is 2. The molecule has 1 atom stereocenters. The third-order valence-electron chi connectivity index (χ3n) is 5.11. The van der Waals surface area contributed by atoms with Gasteiger partial charge in [0, 0.05) is 31.7 Å². The minimum absolute atomic E-state index is 0.0345. The van der Waals surface area contributed by atoms with Crippen LogP contribution in [0.15, 0.2) is 54.6 Å². The molecular weight excluding hydrogens is 350 g/mol. The summed E-state index contributed by atoms with van der Waals surface area (Å²) in [5.41, 5.74) is 1.78. The van der Waals surface area contributed by atoms with Gasteiger partial charge in [-0.1, -0.05) is 44.2 Å². The number of amides is 1. The van der Waals surface area contributed by atoms with Gasteiger partial charge in [0.25, 0.3) is 5.91 Å². The van der Waals surface area contributed by atoms with Crippen molar-refractivity contribution in [1.29, 1.82) is 5.26 Å². The lowest BCUT2D eigenvalue weighted by Crippen LogP contribution is -2.52. The summed E-state index contributed by atoms with van der Waals surface area (Å²) in [6.07, 6.45) is 0. The molecule has 5 nitrogen and oxygen atoms in total. The quantitative estimate of drug-likeness (QED) is 0.772. The Bertz CT molecular complexity index is 804. The SMILES string of the molecule is CC(C)C(C#N)N1CCN(C(=O)c2ccc(OCc3ccccc3)cc2)CC1. The molecular formula is C23H27N3O2. The molecule has 0 bridgehead atoms. The molecule has 1 saturated heterocycles. The summed E-state index contributed by atoms with van der Waals surface area (Å²) in [7, 11) is 0. The smallest absolute Gasteiger partial charge is 0.253 e. The second-order valence-corrected chi connectivity index (χ2v) is 7.44. The third kappa shape index (κ3) is 4.90. The summed E-state index contributed by atoms with van der Waals surface area (Å²) in [6, 6.07) is 19.6. The van der Waals surface area contributed by atoms with Crippen molar-refractivity contribution in [3.8, 4) is 11.8 Å². The second-order valence-electron chi connectivity index (χ2n) is 7.44. The van der Waals surface area contributed by atoms with Gasteiger partial charge in [0.2, 0.25) is 0 Å². The van der Waals surface area contributed by atoms with E-state index in [-0.39, 0.29) is 17.9 Å². The fraction of sp³-hybridized carbons (Fsp3) is 0.391. The average molecular weight is 377 g/mol. The van der Waals surface area contributed by atoms with E-state index in [1.165, 1.54) is 0 Å². The summed E-state index contributed by atoms with van der Waals surface area (Å²) in [6.45, 7) is 7.40. The standard InChI is InChI=1S/C23H27N3O2/c1-18(2)22(16-24)25-12-14-26(15-13-25)23(27)20-8-10-21(11-9-20)28-17-19-6-4-3-5-7-19/h3-11,18,22H,12-15,17H2,1-2H3. The first-order valence-corrected chi connectivity index (χ1v) is 9.78. The highest BCUT2D eigenvalue weighted by molar-refractivity contribution is 5.94. The largest absolute Gasteiger partial charge is 0.489 e. The minimum atomic E-state index is -0.0849. The van der Waals surface area contributed by atoms with E-state index in [2.05, 4.69) is 24.8 Å². The van der Waals surface area contributed by atoms with Crippen LogP contribution >= 0.6 is 0 Å². The molecule has 2 aromatic carbocycles. The highest BCUT2D eigenvalue weighted by Gasteiger charge is 2.28. The Kier molecular flexibility index (Phi) is 6.67. The van der Waals surface area contributed by atoms with E-state index in [4.69, 9.17) is 4.74 Å². The second kappa shape index (κ2) is 9.38. The lowest BCUT2D eigenvalue weighted by molar-refractivity contribution is 0.0576. The number of carbonyl (C=O) groups is 1. The van der Waals surface area contributed by atoms with E-state index in [9.17, 15) is 10.1 Å². The summed E-state index contributed by atoms with van der Waals surface area (Å²) < 4.78 is 5.79. The minimum Gasteiger partial charge on any atom is -0.489 e. The Morgan fingerprint density at radius 3 is 2.25 bits per heavy atom. The first kappa shape index (κ1) is 19.9. The van der Waals surface area contributed by atoms with Crippen LogP contribution in [-0.2, 0) is 6.61 Å². The molecule has 1 amide bonds. The lowest BCUT2D eigenvalue weighted by Gasteiger charge is -2.38. The number of rotatable bonds is 6. The van der Waals surface area contributed by atoms with Gasteiger partial charge in [-0.25, -0.2) is 0 Å². The highest BCUT2D eigenvalue weighted by Crippen LogP contribution is 2.18. The molecule has 1 unspecified atom stereocenters. The fourth-order valence-electron chi connectivity index (χ4n) is 3.47.